The monoisotopic (exact) mass is 464 g/mol. The Morgan fingerprint density at radius 2 is 1.76 bits per heavy atom. The molecule has 1 N–H and O–H groups in total. The van der Waals surface area contributed by atoms with Crippen molar-refractivity contribution in [3.05, 3.63) is 57.0 Å². The molecule has 0 aliphatic carbocycles. The highest BCUT2D eigenvalue weighted by molar-refractivity contribution is 5.70. The summed E-state index contributed by atoms with van der Waals surface area (Å²) >= 11 is 0. The molecule has 3 aliphatic rings. The van der Waals surface area contributed by atoms with E-state index in [1.165, 1.54) is 6.20 Å². The third kappa shape index (κ3) is 3.97. The minimum absolute atomic E-state index is 0.0474. The molecule has 6 rings (SSSR count). The van der Waals surface area contributed by atoms with Crippen LogP contribution in [0.4, 0.5) is 0 Å². The van der Waals surface area contributed by atoms with E-state index in [2.05, 4.69) is 20.2 Å². The molecule has 34 heavy (non-hydrogen) atoms. The summed E-state index contributed by atoms with van der Waals surface area (Å²) in [7, 11) is 0. The van der Waals surface area contributed by atoms with Crippen molar-refractivity contribution in [3.63, 3.8) is 0 Å². The maximum atomic E-state index is 12.7. The molecule has 0 saturated carbocycles. The van der Waals surface area contributed by atoms with Crippen LogP contribution in [0, 0.1) is 0 Å². The quantitative estimate of drug-likeness (QED) is 0.595. The smallest absolute Gasteiger partial charge is 0.270 e. The van der Waals surface area contributed by atoms with Crippen LogP contribution in [-0.4, -0.2) is 62.9 Å². The fraction of sp³-hybridized carbons (Fsp3) is 0.500. The Bertz CT molecular complexity index is 1320. The third-order valence-corrected chi connectivity index (χ3v) is 7.08. The SMILES string of the molecule is O=c1cnc2ccc(=O)n3c2n1CCC3CN1CCC(NCc2cc3c(cn2)OCCO3)CC1. The first-order chi connectivity index (χ1) is 16.7. The number of hydrogen-bond acceptors (Lipinski definition) is 8. The van der Waals surface area contributed by atoms with Crippen molar-refractivity contribution in [3.8, 4) is 11.5 Å². The van der Waals surface area contributed by atoms with Gasteiger partial charge in [-0.2, -0.15) is 0 Å². The molecule has 10 nitrogen and oxygen atoms in total. The van der Waals surface area contributed by atoms with Gasteiger partial charge in [-0.05, 0) is 38.4 Å². The number of nitrogens with zero attached hydrogens (tertiary/aromatic N) is 5. The highest BCUT2D eigenvalue weighted by Crippen LogP contribution is 2.29. The molecule has 10 heteroatoms. The molecule has 178 valence electrons. The van der Waals surface area contributed by atoms with Crippen molar-refractivity contribution >= 4 is 11.2 Å². The summed E-state index contributed by atoms with van der Waals surface area (Å²) in [6, 6.07) is 5.69. The number of hydrogen-bond donors (Lipinski definition) is 1. The van der Waals surface area contributed by atoms with Gasteiger partial charge in [0.15, 0.2) is 11.5 Å². The summed E-state index contributed by atoms with van der Waals surface area (Å²) in [6.07, 6.45) is 5.92. The lowest BCUT2D eigenvalue weighted by Gasteiger charge is -2.36. The van der Waals surface area contributed by atoms with E-state index >= 15 is 0 Å². The van der Waals surface area contributed by atoms with Crippen molar-refractivity contribution < 1.29 is 9.47 Å². The number of aromatic nitrogens is 4. The van der Waals surface area contributed by atoms with Gasteiger partial charge in [-0.1, -0.05) is 0 Å². The van der Waals surface area contributed by atoms with Crippen molar-refractivity contribution in [2.75, 3.05) is 32.8 Å². The number of piperidine rings is 1. The van der Waals surface area contributed by atoms with Crippen LogP contribution in [0.5, 0.6) is 11.5 Å². The van der Waals surface area contributed by atoms with Crippen molar-refractivity contribution in [1.82, 2.24) is 29.3 Å². The number of fused-ring (bicyclic) bond motifs is 1. The molecule has 1 unspecified atom stereocenters. The van der Waals surface area contributed by atoms with E-state index in [-0.39, 0.29) is 17.2 Å². The molecule has 1 saturated heterocycles. The van der Waals surface area contributed by atoms with Gasteiger partial charge in [0.1, 0.15) is 24.4 Å². The Morgan fingerprint density at radius 1 is 0.941 bits per heavy atom. The maximum Gasteiger partial charge on any atom is 0.270 e. The van der Waals surface area contributed by atoms with Crippen LogP contribution in [0.3, 0.4) is 0 Å². The molecule has 3 aliphatic heterocycles. The Labute approximate surface area is 196 Å². The Hall–Kier alpha value is -3.24. The van der Waals surface area contributed by atoms with Gasteiger partial charge >= 0.3 is 0 Å². The predicted molar refractivity (Wildman–Crippen MR) is 125 cm³/mol. The van der Waals surface area contributed by atoms with Crippen LogP contribution >= 0.6 is 0 Å². The third-order valence-electron chi connectivity index (χ3n) is 7.08. The molecule has 3 aromatic rings. The number of ether oxygens (including phenoxy) is 2. The molecular formula is C24H28N6O4. The molecule has 0 aromatic carbocycles. The lowest BCUT2D eigenvalue weighted by atomic mass is 10.0. The fourth-order valence-corrected chi connectivity index (χ4v) is 5.30. The first-order valence-electron chi connectivity index (χ1n) is 12.0. The van der Waals surface area contributed by atoms with Gasteiger partial charge in [0.25, 0.3) is 11.1 Å². The summed E-state index contributed by atoms with van der Waals surface area (Å²) in [4.78, 5) is 36.2. The number of nitrogens with one attached hydrogen (secondary N) is 1. The Morgan fingerprint density at radius 3 is 2.62 bits per heavy atom. The van der Waals surface area contributed by atoms with Crippen LogP contribution in [0.1, 0.15) is 31.0 Å². The molecule has 3 aromatic heterocycles. The normalized spacial score (nSPS) is 20.5. The van der Waals surface area contributed by atoms with Gasteiger partial charge in [0, 0.05) is 37.8 Å². The minimum atomic E-state index is -0.148. The molecule has 0 radical (unpaired) electrons. The minimum Gasteiger partial charge on any atom is -0.486 e. The van der Waals surface area contributed by atoms with E-state index in [4.69, 9.17) is 9.47 Å². The number of rotatable bonds is 5. The first-order valence-corrected chi connectivity index (χ1v) is 12.0. The zero-order valence-corrected chi connectivity index (χ0v) is 19.0. The Kier molecular flexibility index (Phi) is 5.54. The van der Waals surface area contributed by atoms with E-state index in [1.54, 1.807) is 27.5 Å². The highest BCUT2D eigenvalue weighted by Gasteiger charge is 2.27. The largest absolute Gasteiger partial charge is 0.486 e. The second-order valence-corrected chi connectivity index (χ2v) is 9.22. The first kappa shape index (κ1) is 21.3. The predicted octanol–water partition coefficient (Wildman–Crippen LogP) is 0.923. The molecular weight excluding hydrogens is 436 g/mol. The lowest BCUT2D eigenvalue weighted by molar-refractivity contribution is 0.163. The van der Waals surface area contributed by atoms with Gasteiger partial charge in [-0.15, -0.1) is 0 Å². The van der Waals surface area contributed by atoms with Crippen molar-refractivity contribution in [1.29, 1.82) is 0 Å². The zero-order chi connectivity index (χ0) is 23.1. The average molecular weight is 465 g/mol. The molecule has 1 fully saturated rings. The van der Waals surface area contributed by atoms with Gasteiger partial charge in [-0.25, -0.2) is 4.98 Å². The molecule has 0 amide bonds. The topological polar surface area (TPSA) is 104 Å². The summed E-state index contributed by atoms with van der Waals surface area (Å²) in [5, 5.41) is 3.63. The van der Waals surface area contributed by atoms with Crippen LogP contribution in [0.2, 0.25) is 0 Å². The zero-order valence-electron chi connectivity index (χ0n) is 19.0. The summed E-state index contributed by atoms with van der Waals surface area (Å²) < 4.78 is 14.7. The van der Waals surface area contributed by atoms with E-state index in [0.717, 1.165) is 50.3 Å². The average Bonchev–Trinajstić information content (AvgIpc) is 2.87. The molecule has 0 bridgehead atoms. The van der Waals surface area contributed by atoms with Crippen molar-refractivity contribution in [2.45, 2.75) is 44.4 Å². The van der Waals surface area contributed by atoms with Gasteiger partial charge in [-0.3, -0.25) is 23.7 Å². The number of pyridine rings is 2. The Balaban J connectivity index is 1.08. The van der Waals surface area contributed by atoms with Crippen LogP contribution in [0.25, 0.3) is 11.2 Å². The van der Waals surface area contributed by atoms with E-state index < -0.39 is 0 Å². The van der Waals surface area contributed by atoms with Crippen LogP contribution in [0.15, 0.2) is 40.2 Å². The van der Waals surface area contributed by atoms with E-state index in [9.17, 15) is 9.59 Å². The summed E-state index contributed by atoms with van der Waals surface area (Å²) in [5.41, 5.74) is 2.08. The van der Waals surface area contributed by atoms with Gasteiger partial charge in [0.2, 0.25) is 0 Å². The van der Waals surface area contributed by atoms with Gasteiger partial charge in [0.05, 0.1) is 24.1 Å². The summed E-state index contributed by atoms with van der Waals surface area (Å²) in [6.45, 7) is 5.19. The van der Waals surface area contributed by atoms with Gasteiger partial charge < -0.3 is 19.7 Å². The highest BCUT2D eigenvalue weighted by atomic mass is 16.6. The van der Waals surface area contributed by atoms with E-state index in [0.29, 0.717) is 49.3 Å². The number of likely N-dealkylation sites (tertiary alicyclic amines) is 1. The molecule has 1 atom stereocenters. The van der Waals surface area contributed by atoms with E-state index in [1.807, 2.05) is 6.07 Å². The van der Waals surface area contributed by atoms with Crippen LogP contribution < -0.4 is 25.9 Å². The standard InChI is InChI=1S/C24H28N6O4/c31-22-2-1-19-24-29(23(32)14-27-19)8-5-18(30(22)24)15-28-6-3-16(4-7-28)25-12-17-11-20-21(13-26-17)34-10-9-33-20/h1-2,11,13-14,16,18,25H,3-10,12,15H2. The molecule has 6 heterocycles. The fourth-order valence-electron chi connectivity index (χ4n) is 5.30. The lowest BCUT2D eigenvalue weighted by Crippen LogP contribution is -2.46. The maximum absolute atomic E-state index is 12.7. The second kappa shape index (κ2) is 8.84. The van der Waals surface area contributed by atoms with Crippen LogP contribution in [-0.2, 0) is 13.1 Å². The number of aryl methyl sites for hydroxylation is 1. The summed E-state index contributed by atoms with van der Waals surface area (Å²) in [5.74, 6) is 1.48. The van der Waals surface area contributed by atoms with Crippen molar-refractivity contribution in [2.24, 2.45) is 0 Å². The molecule has 0 spiro atoms. The second-order valence-electron chi connectivity index (χ2n) is 9.22.